The third-order valence-corrected chi connectivity index (χ3v) is 2.74. The summed E-state index contributed by atoms with van der Waals surface area (Å²) in [5, 5.41) is 12.8. The highest BCUT2D eigenvalue weighted by Crippen LogP contribution is 2.41. The van der Waals surface area contributed by atoms with Crippen LogP contribution < -0.4 is 14.2 Å². The fourth-order valence-corrected chi connectivity index (χ4v) is 1.81. The van der Waals surface area contributed by atoms with Crippen LogP contribution in [0.15, 0.2) is 22.9 Å². The van der Waals surface area contributed by atoms with Gasteiger partial charge in [-0.1, -0.05) is 5.16 Å². The lowest BCUT2D eigenvalue weighted by Crippen LogP contribution is -1.99. The molecule has 106 valence electrons. The molecule has 20 heavy (non-hydrogen) atoms. The van der Waals surface area contributed by atoms with E-state index in [0.717, 1.165) is 6.26 Å². The Kier molecular flexibility index (Phi) is 3.79. The highest BCUT2D eigenvalue weighted by Gasteiger charge is 2.20. The van der Waals surface area contributed by atoms with Crippen LogP contribution >= 0.6 is 0 Å². The van der Waals surface area contributed by atoms with Crippen molar-refractivity contribution in [2.24, 2.45) is 0 Å². The number of carbonyl (C=O) groups is 1. The number of aromatic nitrogens is 1. The Morgan fingerprint density at radius 2 is 1.75 bits per heavy atom. The minimum absolute atomic E-state index is 0.0423. The Bertz CT molecular complexity index is 609. The second kappa shape index (κ2) is 5.52. The van der Waals surface area contributed by atoms with Gasteiger partial charge in [0.15, 0.2) is 11.5 Å². The molecule has 1 N–H and O–H groups in total. The molecule has 0 radical (unpaired) electrons. The van der Waals surface area contributed by atoms with Crippen molar-refractivity contribution in [3.8, 4) is 28.5 Å². The van der Waals surface area contributed by atoms with Crippen LogP contribution in [-0.4, -0.2) is 37.6 Å². The van der Waals surface area contributed by atoms with Crippen LogP contribution in [0.25, 0.3) is 11.3 Å². The molecule has 0 atom stereocenters. The van der Waals surface area contributed by atoms with Crippen molar-refractivity contribution in [3.63, 3.8) is 0 Å². The number of rotatable bonds is 5. The molecule has 7 nitrogen and oxygen atoms in total. The van der Waals surface area contributed by atoms with Crippen LogP contribution in [0, 0.1) is 0 Å². The van der Waals surface area contributed by atoms with Crippen molar-refractivity contribution in [1.82, 2.24) is 5.16 Å². The van der Waals surface area contributed by atoms with Gasteiger partial charge in [0, 0.05) is 5.56 Å². The van der Waals surface area contributed by atoms with Gasteiger partial charge in [-0.15, -0.1) is 0 Å². The maximum absolute atomic E-state index is 11.1. The summed E-state index contributed by atoms with van der Waals surface area (Å²) in [4.78, 5) is 11.1. The fraction of sp³-hybridized carbons (Fsp3) is 0.231. The van der Waals surface area contributed by atoms with Gasteiger partial charge in [-0.3, -0.25) is 0 Å². The van der Waals surface area contributed by atoms with Crippen LogP contribution in [0.5, 0.6) is 17.2 Å². The Morgan fingerprint density at radius 3 is 2.20 bits per heavy atom. The number of carboxylic acid groups (broad SMARTS) is 1. The van der Waals surface area contributed by atoms with Crippen molar-refractivity contribution in [2.75, 3.05) is 21.3 Å². The molecular weight excluding hydrogens is 266 g/mol. The largest absolute Gasteiger partial charge is 0.493 e. The average molecular weight is 279 g/mol. The molecule has 1 heterocycles. The number of aromatic carboxylic acids is 1. The van der Waals surface area contributed by atoms with Gasteiger partial charge in [0.1, 0.15) is 17.5 Å². The molecule has 0 saturated heterocycles. The topological polar surface area (TPSA) is 91.0 Å². The monoisotopic (exact) mass is 279 g/mol. The van der Waals surface area contributed by atoms with Crippen LogP contribution in [-0.2, 0) is 0 Å². The number of hydrogen-bond donors (Lipinski definition) is 1. The lowest BCUT2D eigenvalue weighted by molar-refractivity contribution is 0.0697. The third-order valence-electron chi connectivity index (χ3n) is 2.74. The van der Waals surface area contributed by atoms with E-state index < -0.39 is 5.97 Å². The molecule has 2 rings (SSSR count). The lowest BCUT2D eigenvalue weighted by atomic mass is 10.1. The molecular formula is C13H13NO6. The first-order chi connectivity index (χ1) is 9.62. The Morgan fingerprint density at radius 1 is 1.15 bits per heavy atom. The van der Waals surface area contributed by atoms with Crippen LogP contribution in [0.1, 0.15) is 10.4 Å². The van der Waals surface area contributed by atoms with Crippen molar-refractivity contribution >= 4 is 5.97 Å². The summed E-state index contributed by atoms with van der Waals surface area (Å²) in [5.41, 5.74) is 0.640. The Labute approximate surface area is 114 Å². The number of hydrogen-bond acceptors (Lipinski definition) is 6. The van der Waals surface area contributed by atoms with Crippen molar-refractivity contribution in [1.29, 1.82) is 0 Å². The van der Waals surface area contributed by atoms with E-state index >= 15 is 0 Å². The molecule has 1 aromatic carbocycles. The average Bonchev–Trinajstić information content (AvgIpc) is 2.95. The predicted octanol–water partition coefficient (Wildman–Crippen LogP) is 2.07. The summed E-state index contributed by atoms with van der Waals surface area (Å²) in [5.74, 6) is 0.0940. The van der Waals surface area contributed by atoms with Gasteiger partial charge in [-0.2, -0.15) is 0 Å². The Hall–Kier alpha value is -2.70. The lowest BCUT2D eigenvalue weighted by Gasteiger charge is -2.13. The summed E-state index contributed by atoms with van der Waals surface area (Å²) < 4.78 is 20.3. The molecule has 0 amide bonds. The van der Waals surface area contributed by atoms with E-state index in [4.69, 9.17) is 23.8 Å². The SMILES string of the molecule is COc1cc(-c2nocc2C(=O)O)cc(OC)c1OC. The normalized spacial score (nSPS) is 10.2. The van der Waals surface area contributed by atoms with Crippen molar-refractivity contribution < 1.29 is 28.6 Å². The van der Waals surface area contributed by atoms with Gasteiger partial charge in [-0.25, -0.2) is 4.79 Å². The van der Waals surface area contributed by atoms with Gasteiger partial charge in [0.05, 0.1) is 21.3 Å². The zero-order chi connectivity index (χ0) is 14.7. The molecule has 0 aliphatic carbocycles. The second-order valence-corrected chi connectivity index (χ2v) is 3.80. The first kappa shape index (κ1) is 13.7. The van der Waals surface area contributed by atoms with Crippen molar-refractivity contribution in [3.05, 3.63) is 24.0 Å². The smallest absolute Gasteiger partial charge is 0.341 e. The van der Waals surface area contributed by atoms with Gasteiger partial charge in [0.25, 0.3) is 0 Å². The molecule has 0 spiro atoms. The first-order valence-corrected chi connectivity index (χ1v) is 5.60. The van der Waals surface area contributed by atoms with Crippen molar-refractivity contribution in [2.45, 2.75) is 0 Å². The van der Waals surface area contributed by atoms with Crippen LogP contribution in [0.4, 0.5) is 0 Å². The zero-order valence-corrected chi connectivity index (χ0v) is 11.2. The zero-order valence-electron chi connectivity index (χ0n) is 11.2. The highest BCUT2D eigenvalue weighted by atomic mass is 16.5. The summed E-state index contributed by atoms with van der Waals surface area (Å²) >= 11 is 0. The molecule has 1 aromatic heterocycles. The van der Waals surface area contributed by atoms with Gasteiger partial charge < -0.3 is 23.8 Å². The number of methoxy groups -OCH3 is 3. The quantitative estimate of drug-likeness (QED) is 0.895. The third kappa shape index (κ3) is 2.25. The molecule has 0 bridgehead atoms. The standard InChI is InChI=1S/C13H13NO6/c1-17-9-4-7(5-10(18-2)12(9)19-3)11-8(13(15)16)6-20-14-11/h4-6H,1-3H3,(H,15,16). The van der Waals surface area contributed by atoms with E-state index in [1.165, 1.54) is 21.3 Å². The first-order valence-electron chi connectivity index (χ1n) is 5.60. The summed E-state index contributed by atoms with van der Waals surface area (Å²) in [6.45, 7) is 0. The molecule has 0 unspecified atom stereocenters. The summed E-state index contributed by atoms with van der Waals surface area (Å²) in [7, 11) is 4.43. The number of benzene rings is 1. The number of ether oxygens (including phenoxy) is 3. The molecule has 0 aliphatic rings. The minimum Gasteiger partial charge on any atom is -0.493 e. The number of nitrogens with zero attached hydrogens (tertiary/aromatic N) is 1. The molecule has 2 aromatic rings. The molecule has 0 fully saturated rings. The van der Waals surface area contributed by atoms with Gasteiger partial charge >= 0.3 is 5.97 Å². The summed E-state index contributed by atoms with van der Waals surface area (Å²) in [6.07, 6.45) is 1.07. The maximum atomic E-state index is 11.1. The Balaban J connectivity index is 2.63. The highest BCUT2D eigenvalue weighted by molar-refractivity contribution is 5.94. The maximum Gasteiger partial charge on any atom is 0.341 e. The van der Waals surface area contributed by atoms with Crippen LogP contribution in [0.2, 0.25) is 0 Å². The van der Waals surface area contributed by atoms with E-state index in [9.17, 15) is 4.79 Å². The van der Waals surface area contributed by atoms with E-state index in [1.54, 1.807) is 12.1 Å². The van der Waals surface area contributed by atoms with E-state index in [2.05, 4.69) is 5.16 Å². The molecule has 7 heteroatoms. The summed E-state index contributed by atoms with van der Waals surface area (Å²) in [6, 6.07) is 3.21. The van der Waals surface area contributed by atoms with E-state index in [1.807, 2.05) is 0 Å². The predicted molar refractivity (Wildman–Crippen MR) is 68.6 cm³/mol. The van der Waals surface area contributed by atoms with Gasteiger partial charge in [0.2, 0.25) is 5.75 Å². The second-order valence-electron chi connectivity index (χ2n) is 3.80. The fourth-order valence-electron chi connectivity index (χ4n) is 1.81. The van der Waals surface area contributed by atoms with E-state index in [-0.39, 0.29) is 11.3 Å². The van der Waals surface area contributed by atoms with Crippen LogP contribution in [0.3, 0.4) is 0 Å². The molecule has 0 aliphatic heterocycles. The van der Waals surface area contributed by atoms with Gasteiger partial charge in [-0.05, 0) is 12.1 Å². The number of carboxylic acids is 1. The molecule has 0 saturated carbocycles. The van der Waals surface area contributed by atoms with E-state index in [0.29, 0.717) is 22.8 Å². The minimum atomic E-state index is -1.13.